The average Bonchev–Trinajstić information content (AvgIpc) is 2.82. The van der Waals surface area contributed by atoms with Gasteiger partial charge in [-0.15, -0.1) is 0 Å². The van der Waals surface area contributed by atoms with Crippen LogP contribution in [0.4, 0.5) is 10.1 Å². The molecule has 6 heteroatoms. The number of carbonyl (C=O) groups excluding carboxylic acids is 1. The Labute approximate surface area is 109 Å². The third kappa shape index (κ3) is 3.07. The highest BCUT2D eigenvalue weighted by Gasteiger charge is 2.42. The highest BCUT2D eigenvalue weighted by atomic mass is 19.1. The predicted octanol–water partition coefficient (Wildman–Crippen LogP) is 2.19. The number of halogens is 1. The molecule has 0 radical (unpaired) electrons. The van der Waals surface area contributed by atoms with E-state index in [2.05, 4.69) is 10.3 Å². The first-order chi connectivity index (χ1) is 9.02. The first-order valence-electron chi connectivity index (χ1n) is 6.17. The number of nitrogens with one attached hydrogen (secondary N) is 1. The quantitative estimate of drug-likeness (QED) is 0.819. The van der Waals surface area contributed by atoms with Gasteiger partial charge in [-0.05, 0) is 25.0 Å². The van der Waals surface area contributed by atoms with Crippen molar-refractivity contribution in [2.45, 2.75) is 32.1 Å². The minimum Gasteiger partial charge on any atom is -0.481 e. The van der Waals surface area contributed by atoms with E-state index in [9.17, 15) is 19.1 Å². The summed E-state index contributed by atoms with van der Waals surface area (Å²) in [5, 5.41) is 11.8. The zero-order valence-corrected chi connectivity index (χ0v) is 10.4. The molecule has 2 N–H and O–H groups in total. The van der Waals surface area contributed by atoms with Gasteiger partial charge in [-0.2, -0.15) is 4.39 Å². The van der Waals surface area contributed by atoms with Gasteiger partial charge in [0.25, 0.3) is 0 Å². The Morgan fingerprint density at radius 2 is 2.05 bits per heavy atom. The van der Waals surface area contributed by atoms with Gasteiger partial charge in [0.2, 0.25) is 11.9 Å². The highest BCUT2D eigenvalue weighted by molar-refractivity contribution is 5.94. The number of pyridine rings is 1. The van der Waals surface area contributed by atoms with Crippen molar-refractivity contribution in [3.05, 3.63) is 24.3 Å². The summed E-state index contributed by atoms with van der Waals surface area (Å²) in [5.74, 6) is -1.93. The topological polar surface area (TPSA) is 79.3 Å². The minimum atomic E-state index is -0.947. The molecule has 5 nitrogen and oxygen atoms in total. The number of carboxylic acids is 1. The predicted molar refractivity (Wildman–Crippen MR) is 66.0 cm³/mol. The molecule has 0 atom stereocenters. The molecule has 0 bridgehead atoms. The zero-order valence-electron chi connectivity index (χ0n) is 10.4. The number of amides is 1. The van der Waals surface area contributed by atoms with Gasteiger partial charge in [0.15, 0.2) is 0 Å². The van der Waals surface area contributed by atoms with Crippen molar-refractivity contribution >= 4 is 17.6 Å². The molecule has 0 unspecified atom stereocenters. The monoisotopic (exact) mass is 266 g/mol. The van der Waals surface area contributed by atoms with Crippen LogP contribution in [0.2, 0.25) is 0 Å². The molecule has 19 heavy (non-hydrogen) atoms. The smallest absolute Gasteiger partial charge is 0.310 e. The number of aromatic nitrogens is 1. The summed E-state index contributed by atoms with van der Waals surface area (Å²) >= 11 is 0. The summed E-state index contributed by atoms with van der Waals surface area (Å²) in [6, 6.07) is 2.53. The van der Waals surface area contributed by atoms with Crippen LogP contribution in [0.1, 0.15) is 32.1 Å². The molecule has 0 saturated heterocycles. The number of carboxylic acid groups (broad SMARTS) is 1. The van der Waals surface area contributed by atoms with Gasteiger partial charge >= 0.3 is 5.97 Å². The molecule has 1 heterocycles. The number of rotatable bonds is 4. The number of hydrogen-bond acceptors (Lipinski definition) is 3. The number of carbonyl (C=O) groups is 2. The lowest BCUT2D eigenvalue weighted by atomic mass is 9.82. The van der Waals surface area contributed by atoms with E-state index < -0.39 is 17.3 Å². The molecule has 102 valence electrons. The van der Waals surface area contributed by atoms with Crippen LogP contribution in [-0.4, -0.2) is 22.0 Å². The number of hydrogen-bond donors (Lipinski definition) is 2. The standard InChI is InChI=1S/C13H15FN2O3/c14-10-4-3-9(8-15-10)16-11(17)7-13(12(18)19)5-1-2-6-13/h3-4,8H,1-2,5-7H2,(H,16,17)(H,18,19). The average molecular weight is 266 g/mol. The lowest BCUT2D eigenvalue weighted by molar-refractivity contribution is -0.150. The SMILES string of the molecule is O=C(CC1(C(=O)O)CCCC1)Nc1ccc(F)nc1. The van der Waals surface area contributed by atoms with Crippen molar-refractivity contribution in [3.8, 4) is 0 Å². The molecule has 1 aliphatic rings. The van der Waals surface area contributed by atoms with E-state index in [-0.39, 0.29) is 12.3 Å². The summed E-state index contributed by atoms with van der Waals surface area (Å²) in [5.41, 5.74) is -0.581. The lowest BCUT2D eigenvalue weighted by Gasteiger charge is -2.22. The highest BCUT2D eigenvalue weighted by Crippen LogP contribution is 2.41. The zero-order chi connectivity index (χ0) is 13.9. The first-order valence-corrected chi connectivity index (χ1v) is 6.17. The Bertz CT molecular complexity index is 481. The van der Waals surface area contributed by atoms with Crippen LogP contribution in [0, 0.1) is 11.4 Å². The molecule has 1 fully saturated rings. The molecule has 1 aromatic rings. The van der Waals surface area contributed by atoms with Crippen LogP contribution in [0.5, 0.6) is 0 Å². The Balaban J connectivity index is 2.00. The summed E-state index contributed by atoms with van der Waals surface area (Å²) in [4.78, 5) is 26.6. The fourth-order valence-corrected chi connectivity index (χ4v) is 2.48. The summed E-state index contributed by atoms with van der Waals surface area (Å²) < 4.78 is 12.6. The second-order valence-corrected chi connectivity index (χ2v) is 4.89. The van der Waals surface area contributed by atoms with Crippen molar-refractivity contribution < 1.29 is 19.1 Å². The van der Waals surface area contributed by atoms with Gasteiger partial charge in [0, 0.05) is 6.42 Å². The Kier molecular flexibility index (Phi) is 3.78. The van der Waals surface area contributed by atoms with Crippen molar-refractivity contribution in [3.63, 3.8) is 0 Å². The van der Waals surface area contributed by atoms with Crippen LogP contribution in [0.15, 0.2) is 18.3 Å². The van der Waals surface area contributed by atoms with Gasteiger partial charge < -0.3 is 10.4 Å². The van der Waals surface area contributed by atoms with Crippen LogP contribution < -0.4 is 5.32 Å². The third-order valence-electron chi connectivity index (χ3n) is 3.52. The van der Waals surface area contributed by atoms with Gasteiger partial charge in [0.1, 0.15) is 0 Å². The molecular formula is C13H15FN2O3. The summed E-state index contributed by atoms with van der Waals surface area (Å²) in [6.07, 6.45) is 3.86. The van der Waals surface area contributed by atoms with Crippen molar-refractivity contribution in [1.82, 2.24) is 4.98 Å². The minimum absolute atomic E-state index is 0.0558. The van der Waals surface area contributed by atoms with Crippen LogP contribution in [0.3, 0.4) is 0 Å². The second-order valence-electron chi connectivity index (χ2n) is 4.89. The van der Waals surface area contributed by atoms with Crippen LogP contribution in [0.25, 0.3) is 0 Å². The summed E-state index contributed by atoms with van der Waals surface area (Å²) in [6.45, 7) is 0. The van der Waals surface area contributed by atoms with E-state index in [1.54, 1.807) is 0 Å². The fraction of sp³-hybridized carbons (Fsp3) is 0.462. The number of nitrogens with zero attached hydrogens (tertiary/aromatic N) is 1. The normalized spacial score (nSPS) is 17.1. The lowest BCUT2D eigenvalue weighted by Crippen LogP contribution is -2.32. The first kappa shape index (κ1) is 13.5. The second kappa shape index (κ2) is 5.34. The molecule has 2 rings (SSSR count). The molecule has 1 amide bonds. The summed E-state index contributed by atoms with van der Waals surface area (Å²) in [7, 11) is 0. The van der Waals surface area contributed by atoms with E-state index in [0.29, 0.717) is 18.5 Å². The molecule has 0 aliphatic heterocycles. The van der Waals surface area contributed by atoms with Crippen LogP contribution in [-0.2, 0) is 9.59 Å². The maximum absolute atomic E-state index is 12.6. The van der Waals surface area contributed by atoms with Crippen molar-refractivity contribution in [1.29, 1.82) is 0 Å². The van der Waals surface area contributed by atoms with E-state index >= 15 is 0 Å². The fourth-order valence-electron chi connectivity index (χ4n) is 2.48. The third-order valence-corrected chi connectivity index (χ3v) is 3.52. The molecule has 1 aromatic heterocycles. The molecule has 0 aromatic carbocycles. The molecule has 1 saturated carbocycles. The Morgan fingerprint density at radius 1 is 1.37 bits per heavy atom. The maximum atomic E-state index is 12.6. The molecular weight excluding hydrogens is 251 g/mol. The Morgan fingerprint density at radius 3 is 2.58 bits per heavy atom. The van der Waals surface area contributed by atoms with Crippen LogP contribution >= 0.6 is 0 Å². The van der Waals surface area contributed by atoms with Crippen molar-refractivity contribution in [2.75, 3.05) is 5.32 Å². The Hall–Kier alpha value is -1.98. The van der Waals surface area contributed by atoms with E-state index in [1.165, 1.54) is 12.3 Å². The van der Waals surface area contributed by atoms with E-state index in [0.717, 1.165) is 18.9 Å². The molecule has 1 aliphatic carbocycles. The molecule has 0 spiro atoms. The van der Waals surface area contributed by atoms with Gasteiger partial charge in [0.05, 0.1) is 17.3 Å². The largest absolute Gasteiger partial charge is 0.481 e. The number of anilines is 1. The number of aliphatic carboxylic acids is 1. The van der Waals surface area contributed by atoms with E-state index in [1.807, 2.05) is 0 Å². The maximum Gasteiger partial charge on any atom is 0.310 e. The van der Waals surface area contributed by atoms with Gasteiger partial charge in [-0.3, -0.25) is 9.59 Å². The van der Waals surface area contributed by atoms with E-state index in [4.69, 9.17) is 0 Å². The van der Waals surface area contributed by atoms with Crippen molar-refractivity contribution in [2.24, 2.45) is 5.41 Å². The van der Waals surface area contributed by atoms with Gasteiger partial charge in [-0.25, -0.2) is 4.98 Å². The van der Waals surface area contributed by atoms with Gasteiger partial charge in [-0.1, -0.05) is 12.8 Å².